The number of hydrogen-bond donors (Lipinski definition) is 1. The number of carbonyl (C=O) groups is 2. The van der Waals surface area contributed by atoms with Crippen LogP contribution < -0.4 is 19.1 Å². The summed E-state index contributed by atoms with van der Waals surface area (Å²) in [6, 6.07) is 14.6. The van der Waals surface area contributed by atoms with Gasteiger partial charge in [-0.15, -0.1) is 10.2 Å². The molecule has 0 unspecified atom stereocenters. The Morgan fingerprint density at radius 3 is 2.72 bits per heavy atom. The van der Waals surface area contributed by atoms with Gasteiger partial charge in [0.1, 0.15) is 24.2 Å². The molecule has 9 nitrogen and oxygen atoms in total. The van der Waals surface area contributed by atoms with Crippen molar-refractivity contribution < 1.29 is 28.9 Å². The Labute approximate surface area is 289 Å². The van der Waals surface area contributed by atoms with E-state index in [1.807, 2.05) is 19.9 Å². The summed E-state index contributed by atoms with van der Waals surface area (Å²) in [5.74, 6) is 0.0938. The number of thioether (sulfide) groups is 1. The number of ether oxygens (including phenoxy) is 3. The maximum absolute atomic E-state index is 13.8. The number of aliphatic hydroxyl groups is 1. The highest BCUT2D eigenvalue weighted by Gasteiger charge is 2.48. The predicted octanol–water partition coefficient (Wildman–Crippen LogP) is 8.05. The molecule has 2 atom stereocenters. The highest BCUT2D eigenvalue weighted by atomic mass is 35.5. The molecular formula is C34H29Cl2N3O6S2. The number of amides is 1. The molecule has 1 amide bonds. The quantitative estimate of drug-likeness (QED) is 0.0413. The number of ketones is 1. The normalized spacial score (nSPS) is 18.3. The molecular weight excluding hydrogens is 681 g/mol. The lowest BCUT2D eigenvalue weighted by Crippen LogP contribution is -2.29. The summed E-state index contributed by atoms with van der Waals surface area (Å²) in [4.78, 5) is 28.9. The molecule has 0 radical (unpaired) electrons. The van der Waals surface area contributed by atoms with Gasteiger partial charge < -0.3 is 19.3 Å². The van der Waals surface area contributed by atoms with Gasteiger partial charge in [0.15, 0.2) is 15.8 Å². The molecule has 6 rings (SSSR count). The van der Waals surface area contributed by atoms with Crippen LogP contribution in [0.5, 0.6) is 17.2 Å². The first-order valence-corrected chi connectivity index (χ1v) is 17.3. The van der Waals surface area contributed by atoms with Gasteiger partial charge in [-0.05, 0) is 73.0 Å². The van der Waals surface area contributed by atoms with E-state index in [0.29, 0.717) is 55.8 Å². The van der Waals surface area contributed by atoms with Gasteiger partial charge in [-0.1, -0.05) is 71.1 Å². The summed E-state index contributed by atoms with van der Waals surface area (Å²) in [7, 11) is 0. The van der Waals surface area contributed by atoms with E-state index in [4.69, 9.17) is 37.4 Å². The third-order valence-electron chi connectivity index (χ3n) is 7.52. The Hall–Kier alpha value is -4.03. The smallest absolute Gasteiger partial charge is 0.301 e. The van der Waals surface area contributed by atoms with Gasteiger partial charge in [-0.25, -0.2) is 0 Å². The Morgan fingerprint density at radius 2 is 1.96 bits per heavy atom. The molecule has 2 aliphatic heterocycles. The highest BCUT2D eigenvalue weighted by molar-refractivity contribution is 8.00. The zero-order chi connectivity index (χ0) is 33.2. The molecule has 0 saturated carbocycles. The van der Waals surface area contributed by atoms with Crippen LogP contribution in [0.15, 0.2) is 77.2 Å². The Balaban J connectivity index is 1.42. The first kappa shape index (κ1) is 32.9. The summed E-state index contributed by atoms with van der Waals surface area (Å²) >= 11 is 14.9. The number of fused-ring (bicyclic) bond motifs is 1. The number of hydrogen-bond acceptors (Lipinski definition) is 10. The van der Waals surface area contributed by atoms with Crippen LogP contribution in [0.1, 0.15) is 42.1 Å². The summed E-state index contributed by atoms with van der Waals surface area (Å²) in [6.45, 7) is 8.10. The van der Waals surface area contributed by atoms with Crippen molar-refractivity contribution in [2.45, 2.75) is 42.5 Å². The van der Waals surface area contributed by atoms with Gasteiger partial charge in [-0.2, -0.15) is 0 Å². The van der Waals surface area contributed by atoms with E-state index in [-0.39, 0.29) is 29.2 Å². The minimum absolute atomic E-state index is 0.00743. The molecule has 242 valence electrons. The summed E-state index contributed by atoms with van der Waals surface area (Å²) in [5, 5.41) is 21.6. The van der Waals surface area contributed by atoms with E-state index in [0.717, 1.165) is 28.2 Å². The predicted molar refractivity (Wildman–Crippen MR) is 184 cm³/mol. The largest absolute Gasteiger partial charge is 0.507 e. The van der Waals surface area contributed by atoms with Crippen LogP contribution in [0.25, 0.3) is 5.76 Å². The number of rotatable bonds is 11. The van der Waals surface area contributed by atoms with Crippen molar-refractivity contribution in [1.82, 2.24) is 10.2 Å². The van der Waals surface area contributed by atoms with Gasteiger partial charge in [0.25, 0.3) is 5.78 Å². The summed E-state index contributed by atoms with van der Waals surface area (Å²) in [5.41, 5.74) is 2.58. The van der Waals surface area contributed by atoms with Gasteiger partial charge in [0.2, 0.25) is 5.13 Å². The minimum atomic E-state index is -1.04. The Morgan fingerprint density at radius 1 is 1.13 bits per heavy atom. The molecule has 3 aromatic carbocycles. The number of carbonyl (C=O) groups excluding carboxylic acids is 2. The van der Waals surface area contributed by atoms with E-state index < -0.39 is 17.7 Å². The van der Waals surface area contributed by atoms with Gasteiger partial charge in [0, 0.05) is 27.8 Å². The van der Waals surface area contributed by atoms with E-state index >= 15 is 0 Å². The maximum atomic E-state index is 13.8. The van der Waals surface area contributed by atoms with Crippen molar-refractivity contribution in [3.8, 4) is 17.2 Å². The lowest BCUT2D eigenvalue weighted by Gasteiger charge is -2.23. The fraction of sp³-hybridized carbons (Fsp3) is 0.235. The van der Waals surface area contributed by atoms with Crippen LogP contribution in [0.4, 0.5) is 5.13 Å². The topological polar surface area (TPSA) is 111 Å². The Kier molecular flexibility index (Phi) is 9.79. The minimum Gasteiger partial charge on any atom is -0.507 e. The molecule has 1 aromatic heterocycles. The highest BCUT2D eigenvalue weighted by Crippen LogP contribution is 2.46. The van der Waals surface area contributed by atoms with Crippen molar-refractivity contribution in [2.75, 3.05) is 18.1 Å². The average Bonchev–Trinajstić information content (AvgIpc) is 3.74. The lowest BCUT2D eigenvalue weighted by molar-refractivity contribution is -0.132. The van der Waals surface area contributed by atoms with E-state index in [1.54, 1.807) is 54.6 Å². The third kappa shape index (κ3) is 6.71. The number of halogens is 2. The standard InChI is InChI=1S/C34H29Cl2N3O6S2/c1-4-12-44-26-11-7-19(15-27(26)43-5-2)29-28(30(40)20-8-10-25-22(14-20)13-18(3)45-25)31(41)32(42)39(29)33-37-38-34(47-33)46-17-21-6-9-23(35)16-24(21)36/h4,6-11,14-16,18,29,40H,1,5,12-13,17H2,2-3H3/b30-28+/t18-,29-/m0/s1. The van der Waals surface area contributed by atoms with Crippen molar-refractivity contribution in [1.29, 1.82) is 0 Å². The first-order valence-electron chi connectivity index (χ1n) is 14.7. The van der Waals surface area contributed by atoms with E-state index in [1.165, 1.54) is 16.7 Å². The number of aromatic nitrogens is 2. The molecule has 47 heavy (non-hydrogen) atoms. The number of benzene rings is 3. The molecule has 13 heteroatoms. The van der Waals surface area contributed by atoms with Crippen LogP contribution in [-0.2, 0) is 21.8 Å². The van der Waals surface area contributed by atoms with E-state index in [9.17, 15) is 14.7 Å². The van der Waals surface area contributed by atoms with Crippen molar-refractivity contribution in [3.63, 3.8) is 0 Å². The average molecular weight is 711 g/mol. The second-order valence-corrected chi connectivity index (χ2v) is 13.8. The summed E-state index contributed by atoms with van der Waals surface area (Å²) in [6.07, 6.45) is 2.27. The molecule has 0 spiro atoms. The molecule has 1 fully saturated rings. The second kappa shape index (κ2) is 14.0. The molecule has 1 N–H and O–H groups in total. The van der Waals surface area contributed by atoms with Crippen LogP contribution in [0, 0.1) is 0 Å². The number of anilines is 1. The van der Waals surface area contributed by atoms with Crippen molar-refractivity contribution >= 4 is 68.9 Å². The molecule has 4 aromatic rings. The van der Waals surface area contributed by atoms with Crippen LogP contribution in [-0.4, -0.2) is 46.3 Å². The maximum Gasteiger partial charge on any atom is 0.301 e. The number of Topliss-reactive ketones (excluding diaryl/α,β-unsaturated/α-hetero) is 1. The monoisotopic (exact) mass is 709 g/mol. The summed E-state index contributed by atoms with van der Waals surface area (Å²) < 4.78 is 18.0. The van der Waals surface area contributed by atoms with Crippen LogP contribution in [0.2, 0.25) is 10.0 Å². The number of nitrogens with zero attached hydrogens (tertiary/aromatic N) is 3. The second-order valence-electron chi connectivity index (χ2n) is 10.7. The SMILES string of the molecule is C=CCOc1ccc([C@H]2/C(=C(\O)c3ccc4c(c3)C[C@H](C)O4)C(=O)C(=O)N2c2nnc(SCc3ccc(Cl)cc3Cl)s2)cc1OCC. The van der Waals surface area contributed by atoms with E-state index in [2.05, 4.69) is 16.8 Å². The zero-order valence-corrected chi connectivity index (χ0v) is 28.5. The van der Waals surface area contributed by atoms with Gasteiger partial charge >= 0.3 is 5.91 Å². The van der Waals surface area contributed by atoms with Gasteiger partial charge in [-0.3, -0.25) is 14.5 Å². The molecule has 2 aliphatic rings. The molecule has 1 saturated heterocycles. The third-order valence-corrected chi connectivity index (χ3v) is 10.2. The van der Waals surface area contributed by atoms with Crippen molar-refractivity contribution in [3.05, 3.63) is 105 Å². The lowest BCUT2D eigenvalue weighted by atomic mass is 9.94. The molecule has 0 bridgehead atoms. The molecule has 3 heterocycles. The fourth-order valence-electron chi connectivity index (χ4n) is 5.44. The van der Waals surface area contributed by atoms with Gasteiger partial charge in [0.05, 0.1) is 18.2 Å². The number of aliphatic hydroxyl groups excluding tert-OH is 1. The fourth-order valence-corrected chi connectivity index (χ4v) is 7.86. The van der Waals surface area contributed by atoms with Crippen LogP contribution in [0.3, 0.4) is 0 Å². The van der Waals surface area contributed by atoms with Crippen LogP contribution >= 0.6 is 46.3 Å². The Bertz CT molecular complexity index is 1910. The first-order chi connectivity index (χ1) is 22.7. The zero-order valence-electron chi connectivity index (χ0n) is 25.4. The van der Waals surface area contributed by atoms with Crippen molar-refractivity contribution in [2.24, 2.45) is 0 Å². The molecule has 0 aliphatic carbocycles.